The van der Waals surface area contributed by atoms with Crippen molar-refractivity contribution in [1.82, 2.24) is 0 Å². The Morgan fingerprint density at radius 3 is 2.40 bits per heavy atom. The molecule has 2 bridgehead atoms. The number of esters is 4. The lowest BCUT2D eigenvalue weighted by Crippen LogP contribution is -2.51. The van der Waals surface area contributed by atoms with Crippen LogP contribution >= 0.6 is 0 Å². The van der Waals surface area contributed by atoms with Gasteiger partial charge in [0.25, 0.3) is 0 Å². The van der Waals surface area contributed by atoms with E-state index >= 15 is 0 Å². The Hall–Kier alpha value is -3.52. The van der Waals surface area contributed by atoms with Crippen molar-refractivity contribution in [3.8, 4) is 0 Å². The Bertz CT molecular complexity index is 1110. The lowest BCUT2D eigenvalue weighted by atomic mass is 9.67. The highest BCUT2D eigenvalue weighted by Crippen LogP contribution is 2.57. The van der Waals surface area contributed by atoms with Gasteiger partial charge in [0, 0.05) is 12.3 Å². The van der Waals surface area contributed by atoms with E-state index in [1.54, 1.807) is 30.3 Å². The van der Waals surface area contributed by atoms with Gasteiger partial charge in [-0.3, -0.25) is 14.4 Å². The highest BCUT2D eigenvalue weighted by atomic mass is 16.6. The SMILES string of the molecule is O=C(CCCc1ccccc1)OCC1CC2OC1(COC(=O)c1ccccc1)C1C(=O)OC(=O)C21. The number of benzene rings is 2. The maximum absolute atomic E-state index is 12.6. The van der Waals surface area contributed by atoms with Crippen LogP contribution in [0, 0.1) is 17.8 Å². The molecular weight excluding hydrogens is 452 g/mol. The van der Waals surface area contributed by atoms with Gasteiger partial charge in [0.1, 0.15) is 18.1 Å². The quantitative estimate of drug-likeness (QED) is 0.308. The van der Waals surface area contributed by atoms with Gasteiger partial charge >= 0.3 is 23.9 Å². The molecule has 3 heterocycles. The van der Waals surface area contributed by atoms with E-state index in [2.05, 4.69) is 0 Å². The third-order valence-electron chi connectivity index (χ3n) is 7.17. The molecule has 2 aromatic carbocycles. The van der Waals surface area contributed by atoms with Crippen LogP contribution in [0.15, 0.2) is 60.7 Å². The third kappa shape index (κ3) is 4.46. The molecule has 2 aromatic rings. The van der Waals surface area contributed by atoms with Gasteiger partial charge in [0.15, 0.2) is 0 Å². The summed E-state index contributed by atoms with van der Waals surface area (Å²) in [6.45, 7) is -0.231. The number of ether oxygens (including phenoxy) is 4. The van der Waals surface area contributed by atoms with Gasteiger partial charge in [0.2, 0.25) is 0 Å². The van der Waals surface area contributed by atoms with Crippen molar-refractivity contribution < 1.29 is 38.1 Å². The average Bonchev–Trinajstić information content (AvgIpc) is 3.51. The van der Waals surface area contributed by atoms with E-state index in [1.807, 2.05) is 30.3 Å². The minimum atomic E-state index is -1.27. The fraction of sp³-hybridized carbons (Fsp3) is 0.407. The summed E-state index contributed by atoms with van der Waals surface area (Å²) in [6.07, 6.45) is 1.54. The van der Waals surface area contributed by atoms with Crippen LogP contribution in [0.4, 0.5) is 0 Å². The van der Waals surface area contributed by atoms with Crippen LogP contribution in [0.1, 0.15) is 35.2 Å². The highest BCUT2D eigenvalue weighted by Gasteiger charge is 2.73. The van der Waals surface area contributed by atoms with E-state index in [4.69, 9.17) is 18.9 Å². The molecule has 0 aliphatic carbocycles. The van der Waals surface area contributed by atoms with Crippen molar-refractivity contribution >= 4 is 23.9 Å². The van der Waals surface area contributed by atoms with Crippen LogP contribution in [-0.4, -0.2) is 48.8 Å². The lowest BCUT2D eigenvalue weighted by molar-refractivity contribution is -0.163. The van der Waals surface area contributed by atoms with Gasteiger partial charge in [-0.15, -0.1) is 0 Å². The minimum absolute atomic E-state index is 0.00818. The van der Waals surface area contributed by atoms with Gasteiger partial charge in [-0.25, -0.2) is 4.79 Å². The van der Waals surface area contributed by atoms with Crippen LogP contribution in [0.3, 0.4) is 0 Å². The molecule has 182 valence electrons. The Morgan fingerprint density at radius 1 is 0.943 bits per heavy atom. The first-order valence-corrected chi connectivity index (χ1v) is 11.8. The van der Waals surface area contributed by atoms with Gasteiger partial charge in [-0.1, -0.05) is 48.5 Å². The van der Waals surface area contributed by atoms with Crippen molar-refractivity contribution in [2.45, 2.75) is 37.4 Å². The van der Waals surface area contributed by atoms with E-state index in [1.165, 1.54) is 0 Å². The normalized spacial score (nSPS) is 28.5. The van der Waals surface area contributed by atoms with Crippen molar-refractivity contribution in [2.75, 3.05) is 13.2 Å². The predicted molar refractivity (Wildman–Crippen MR) is 121 cm³/mol. The van der Waals surface area contributed by atoms with Crippen molar-refractivity contribution in [3.63, 3.8) is 0 Å². The van der Waals surface area contributed by atoms with E-state index in [-0.39, 0.29) is 25.6 Å². The van der Waals surface area contributed by atoms with E-state index in [0.717, 1.165) is 12.0 Å². The van der Waals surface area contributed by atoms with Gasteiger partial charge in [-0.2, -0.15) is 0 Å². The maximum Gasteiger partial charge on any atom is 0.338 e. The summed E-state index contributed by atoms with van der Waals surface area (Å²) in [5.41, 5.74) is 0.240. The van der Waals surface area contributed by atoms with Gasteiger partial charge in [0.05, 0.1) is 24.2 Å². The molecule has 0 N–H and O–H groups in total. The zero-order chi connectivity index (χ0) is 24.4. The fourth-order valence-electron chi connectivity index (χ4n) is 5.47. The summed E-state index contributed by atoms with van der Waals surface area (Å²) in [6, 6.07) is 18.3. The van der Waals surface area contributed by atoms with E-state index in [0.29, 0.717) is 18.4 Å². The topological polar surface area (TPSA) is 105 Å². The first-order chi connectivity index (χ1) is 17.0. The van der Waals surface area contributed by atoms with Crippen molar-refractivity contribution in [1.29, 1.82) is 0 Å². The van der Waals surface area contributed by atoms with Gasteiger partial charge in [-0.05, 0) is 37.0 Å². The highest BCUT2D eigenvalue weighted by molar-refractivity contribution is 5.98. The Kier molecular flexibility index (Phi) is 6.38. The summed E-state index contributed by atoms with van der Waals surface area (Å²) in [4.78, 5) is 49.8. The number of fused-ring (bicyclic) bond motifs is 5. The second-order valence-electron chi connectivity index (χ2n) is 9.25. The van der Waals surface area contributed by atoms with Gasteiger partial charge < -0.3 is 18.9 Å². The smallest absolute Gasteiger partial charge is 0.338 e. The molecule has 0 radical (unpaired) electrons. The van der Waals surface area contributed by atoms with E-state index in [9.17, 15) is 19.2 Å². The summed E-state index contributed by atoms with van der Waals surface area (Å²) < 4.78 is 22.1. The first-order valence-electron chi connectivity index (χ1n) is 11.8. The number of hydrogen-bond acceptors (Lipinski definition) is 8. The molecule has 5 unspecified atom stereocenters. The third-order valence-corrected chi connectivity index (χ3v) is 7.17. The van der Waals surface area contributed by atoms with Crippen LogP contribution in [0.5, 0.6) is 0 Å². The minimum Gasteiger partial charge on any atom is -0.465 e. The van der Waals surface area contributed by atoms with Crippen LogP contribution in [0.25, 0.3) is 0 Å². The molecule has 0 spiro atoms. The number of cyclic esters (lactones) is 2. The molecule has 35 heavy (non-hydrogen) atoms. The fourth-order valence-corrected chi connectivity index (χ4v) is 5.47. The number of carbonyl (C=O) groups excluding carboxylic acids is 4. The molecule has 8 heteroatoms. The number of rotatable bonds is 9. The molecule has 0 aromatic heterocycles. The standard InChI is InChI=1S/C27H26O8/c28-21(13-7-10-17-8-3-1-4-9-17)32-15-19-14-20-22-23(26(31)34-25(22)30)27(19,35-20)16-33-24(29)18-11-5-2-6-12-18/h1-6,8-9,11-12,19-20,22-23H,7,10,13-16H2. The van der Waals surface area contributed by atoms with Crippen molar-refractivity contribution in [3.05, 3.63) is 71.8 Å². The van der Waals surface area contributed by atoms with Crippen LogP contribution in [0.2, 0.25) is 0 Å². The average molecular weight is 478 g/mol. The van der Waals surface area contributed by atoms with Crippen LogP contribution < -0.4 is 0 Å². The Morgan fingerprint density at radius 2 is 1.66 bits per heavy atom. The van der Waals surface area contributed by atoms with E-state index < -0.39 is 47.4 Å². The molecule has 8 nitrogen and oxygen atoms in total. The zero-order valence-electron chi connectivity index (χ0n) is 19.1. The molecule has 3 saturated heterocycles. The summed E-state index contributed by atoms with van der Waals surface area (Å²) in [7, 11) is 0. The lowest BCUT2D eigenvalue weighted by Gasteiger charge is -2.35. The molecule has 5 rings (SSSR count). The second kappa shape index (κ2) is 9.62. The number of aryl methyl sites for hydroxylation is 1. The molecular formula is C27H26O8. The largest absolute Gasteiger partial charge is 0.465 e. The second-order valence-corrected chi connectivity index (χ2v) is 9.25. The molecule has 3 aliphatic heterocycles. The molecule has 3 aliphatic rings. The van der Waals surface area contributed by atoms with Crippen LogP contribution in [-0.2, 0) is 39.8 Å². The number of carbonyl (C=O) groups is 4. The van der Waals surface area contributed by atoms with Crippen molar-refractivity contribution in [2.24, 2.45) is 17.8 Å². The predicted octanol–water partition coefficient (Wildman–Crippen LogP) is 2.88. The molecule has 0 saturated carbocycles. The monoisotopic (exact) mass is 478 g/mol. The first kappa shape index (κ1) is 23.2. The summed E-state index contributed by atoms with van der Waals surface area (Å²) >= 11 is 0. The maximum atomic E-state index is 12.6. The molecule has 3 fully saturated rings. The molecule has 0 amide bonds. The number of hydrogen-bond donors (Lipinski definition) is 0. The Labute approximate surface area is 202 Å². The summed E-state index contributed by atoms with van der Waals surface area (Å²) in [5.74, 6) is -4.23. The Balaban J connectivity index is 1.23. The summed E-state index contributed by atoms with van der Waals surface area (Å²) in [5, 5.41) is 0. The molecule has 5 atom stereocenters. The zero-order valence-corrected chi connectivity index (χ0v) is 19.1.